The van der Waals surface area contributed by atoms with Gasteiger partial charge in [-0.3, -0.25) is 0 Å². The molecule has 2 nitrogen and oxygen atoms in total. The van der Waals surface area contributed by atoms with Crippen molar-refractivity contribution >= 4 is 46.0 Å². The molecule has 3 aromatic rings. The molecule has 0 saturated carbocycles. The van der Waals surface area contributed by atoms with Gasteiger partial charge in [0.1, 0.15) is 0 Å². The molecule has 0 aliphatic rings. The third-order valence-corrected chi connectivity index (χ3v) is 6.27. The molecule has 3 heterocycles. The fourth-order valence-electron chi connectivity index (χ4n) is 1.75. The molecule has 0 fully saturated rings. The van der Waals surface area contributed by atoms with Crippen LogP contribution in [0.3, 0.4) is 0 Å². The van der Waals surface area contributed by atoms with Gasteiger partial charge in [0, 0.05) is 16.0 Å². The van der Waals surface area contributed by atoms with Gasteiger partial charge in [0.05, 0.1) is 14.8 Å². The number of thioether (sulfide) groups is 1. The molecule has 3 rings (SSSR count). The van der Waals surface area contributed by atoms with Crippen molar-refractivity contribution in [1.29, 1.82) is 0 Å². The van der Waals surface area contributed by atoms with Crippen molar-refractivity contribution in [2.45, 2.75) is 11.1 Å². The molecule has 0 bridgehead atoms. The lowest BCUT2D eigenvalue weighted by atomic mass is 10.3. The van der Waals surface area contributed by atoms with E-state index in [2.05, 4.69) is 41.2 Å². The van der Waals surface area contributed by atoms with Gasteiger partial charge in [-0.25, -0.2) is 9.97 Å². The summed E-state index contributed by atoms with van der Waals surface area (Å²) in [6.07, 6.45) is 1.69. The van der Waals surface area contributed by atoms with Gasteiger partial charge in [-0.15, -0.1) is 34.4 Å². The molecule has 0 spiro atoms. The summed E-state index contributed by atoms with van der Waals surface area (Å²) in [5, 5.41) is 0.287. The van der Waals surface area contributed by atoms with Crippen LogP contribution in [0, 0.1) is 0 Å². The lowest BCUT2D eigenvalue weighted by Crippen LogP contribution is -1.83. The molecule has 3 aromatic heterocycles. The number of hydrogen-bond acceptors (Lipinski definition) is 5. The zero-order valence-electron chi connectivity index (χ0n) is 10.7. The molecule has 0 aromatic carbocycles. The summed E-state index contributed by atoms with van der Waals surface area (Å²) >= 11 is 11.3. The molecule has 0 radical (unpaired) electrons. The Morgan fingerprint density at radius 1 is 1.05 bits per heavy atom. The first-order chi connectivity index (χ1) is 9.76. The quantitative estimate of drug-likeness (QED) is 0.451. The largest absolute Gasteiger partial charge is 0.226 e. The number of aromatic nitrogens is 2. The Bertz CT molecular complexity index is 721. The van der Waals surface area contributed by atoms with Gasteiger partial charge in [-0.2, -0.15) is 0 Å². The maximum atomic E-state index is 5.84. The highest BCUT2D eigenvalue weighted by molar-refractivity contribution is 8.01. The van der Waals surface area contributed by atoms with Crippen molar-refractivity contribution in [3.8, 4) is 20.3 Å². The van der Waals surface area contributed by atoms with E-state index in [4.69, 9.17) is 11.6 Å². The Morgan fingerprint density at radius 3 is 2.60 bits per heavy atom. The summed E-state index contributed by atoms with van der Waals surface area (Å²) in [6.45, 7) is 2.17. The first-order valence-electron chi connectivity index (χ1n) is 6.08. The van der Waals surface area contributed by atoms with Gasteiger partial charge in [-0.1, -0.05) is 6.92 Å². The van der Waals surface area contributed by atoms with Crippen LogP contribution in [-0.2, 0) is 0 Å². The highest BCUT2D eigenvalue weighted by Crippen LogP contribution is 2.39. The second-order valence-corrected chi connectivity index (χ2v) is 8.00. The maximum Gasteiger partial charge on any atom is 0.222 e. The molecule has 0 amide bonds. The van der Waals surface area contributed by atoms with Crippen molar-refractivity contribution in [3.63, 3.8) is 0 Å². The van der Waals surface area contributed by atoms with E-state index in [1.165, 1.54) is 14.0 Å². The summed E-state index contributed by atoms with van der Waals surface area (Å²) in [5.74, 6) is 1.11. The minimum absolute atomic E-state index is 0.287. The van der Waals surface area contributed by atoms with Crippen LogP contribution < -0.4 is 0 Å². The first kappa shape index (κ1) is 14.1. The third-order valence-electron chi connectivity index (χ3n) is 2.60. The Hall–Kier alpha value is -0.880. The van der Waals surface area contributed by atoms with E-state index < -0.39 is 0 Å². The molecule has 0 saturated heterocycles. The van der Waals surface area contributed by atoms with E-state index in [1.807, 2.05) is 29.2 Å². The third kappa shape index (κ3) is 3.06. The lowest BCUT2D eigenvalue weighted by molar-refractivity contribution is 1.18. The molecule has 20 heavy (non-hydrogen) atoms. The Morgan fingerprint density at radius 2 is 1.80 bits per heavy atom. The van der Waals surface area contributed by atoms with Gasteiger partial charge >= 0.3 is 0 Å². The number of nitrogens with zero attached hydrogens (tertiary/aromatic N) is 2. The van der Waals surface area contributed by atoms with Crippen LogP contribution in [0.5, 0.6) is 0 Å². The second kappa shape index (κ2) is 6.26. The molecule has 6 heteroatoms. The Balaban J connectivity index is 1.89. The highest BCUT2D eigenvalue weighted by atomic mass is 35.5. The predicted molar refractivity (Wildman–Crippen MR) is 90.1 cm³/mol. The SMILES string of the molecule is CCSc1ccc(-c2ccc(-c3ccnc(Cl)n3)s2)s1. The molecule has 0 aliphatic heterocycles. The molecular weight excluding hydrogens is 328 g/mol. The van der Waals surface area contributed by atoms with E-state index in [0.717, 1.165) is 16.3 Å². The van der Waals surface area contributed by atoms with Crippen LogP contribution in [0.15, 0.2) is 40.7 Å². The fraction of sp³-hybridized carbons (Fsp3) is 0.143. The summed E-state index contributed by atoms with van der Waals surface area (Å²) in [4.78, 5) is 11.8. The summed E-state index contributed by atoms with van der Waals surface area (Å²) < 4.78 is 1.36. The molecule has 0 unspecified atom stereocenters. The topological polar surface area (TPSA) is 25.8 Å². The van der Waals surface area contributed by atoms with Gasteiger partial charge < -0.3 is 0 Å². The Labute approximate surface area is 134 Å². The minimum atomic E-state index is 0.287. The van der Waals surface area contributed by atoms with Crippen LogP contribution in [0.1, 0.15) is 6.92 Å². The van der Waals surface area contributed by atoms with Crippen molar-refractivity contribution in [3.05, 3.63) is 41.8 Å². The van der Waals surface area contributed by atoms with Crippen molar-refractivity contribution in [2.24, 2.45) is 0 Å². The first-order valence-corrected chi connectivity index (χ1v) is 9.07. The van der Waals surface area contributed by atoms with E-state index in [1.54, 1.807) is 17.5 Å². The number of hydrogen-bond donors (Lipinski definition) is 0. The predicted octanol–water partition coefficient (Wildman–Crippen LogP) is 5.70. The zero-order chi connectivity index (χ0) is 13.9. The fourth-order valence-corrected chi connectivity index (χ4v) is 5.01. The maximum absolute atomic E-state index is 5.84. The summed E-state index contributed by atoms with van der Waals surface area (Å²) in [5.41, 5.74) is 0.876. The molecule has 0 N–H and O–H groups in total. The van der Waals surface area contributed by atoms with Crippen molar-refractivity contribution in [2.75, 3.05) is 5.75 Å². The second-order valence-electron chi connectivity index (χ2n) is 3.93. The van der Waals surface area contributed by atoms with Crippen molar-refractivity contribution in [1.82, 2.24) is 9.97 Å². The monoisotopic (exact) mass is 338 g/mol. The standard InChI is InChI=1S/C14H11ClN2S3/c1-2-18-13-6-5-12(20-13)11-4-3-10(19-11)9-7-8-16-14(15)17-9/h3-8H,2H2,1H3. The van der Waals surface area contributed by atoms with E-state index >= 15 is 0 Å². The average molecular weight is 339 g/mol. The smallest absolute Gasteiger partial charge is 0.222 e. The van der Waals surface area contributed by atoms with Crippen LogP contribution in [0.2, 0.25) is 5.28 Å². The van der Waals surface area contributed by atoms with Crippen molar-refractivity contribution < 1.29 is 0 Å². The summed E-state index contributed by atoms with van der Waals surface area (Å²) in [7, 11) is 0. The normalized spacial score (nSPS) is 10.9. The number of thiophene rings is 2. The molecule has 0 aliphatic carbocycles. The van der Waals surface area contributed by atoms with Gasteiger partial charge in [0.2, 0.25) is 5.28 Å². The summed E-state index contributed by atoms with van der Waals surface area (Å²) in [6, 6.07) is 10.5. The Kier molecular flexibility index (Phi) is 4.41. The van der Waals surface area contributed by atoms with Gasteiger partial charge in [-0.05, 0) is 47.7 Å². The van der Waals surface area contributed by atoms with Crippen LogP contribution in [-0.4, -0.2) is 15.7 Å². The highest BCUT2D eigenvalue weighted by Gasteiger charge is 2.09. The lowest BCUT2D eigenvalue weighted by Gasteiger charge is -1.95. The van der Waals surface area contributed by atoms with Gasteiger partial charge in [0.15, 0.2) is 0 Å². The zero-order valence-corrected chi connectivity index (χ0v) is 13.9. The molecule has 102 valence electrons. The van der Waals surface area contributed by atoms with Crippen LogP contribution in [0.4, 0.5) is 0 Å². The van der Waals surface area contributed by atoms with Crippen LogP contribution in [0.25, 0.3) is 20.3 Å². The van der Waals surface area contributed by atoms with E-state index in [0.29, 0.717) is 0 Å². The average Bonchev–Trinajstić information content (AvgIpc) is 3.07. The van der Waals surface area contributed by atoms with Gasteiger partial charge in [0.25, 0.3) is 0 Å². The molecule has 0 atom stereocenters. The number of rotatable bonds is 4. The molecular formula is C14H11ClN2S3. The van der Waals surface area contributed by atoms with E-state index in [9.17, 15) is 0 Å². The van der Waals surface area contributed by atoms with E-state index in [-0.39, 0.29) is 5.28 Å². The minimum Gasteiger partial charge on any atom is -0.226 e. The van der Waals surface area contributed by atoms with Crippen LogP contribution >= 0.6 is 46.0 Å². The number of halogens is 1.